The summed E-state index contributed by atoms with van der Waals surface area (Å²) in [5, 5.41) is 9.39. The Kier molecular flexibility index (Phi) is 4.59. The molecule has 21 heavy (non-hydrogen) atoms. The molecule has 0 bridgehead atoms. The first kappa shape index (κ1) is 15.9. The van der Waals surface area contributed by atoms with Gasteiger partial charge < -0.3 is 5.11 Å². The van der Waals surface area contributed by atoms with Gasteiger partial charge in [0.25, 0.3) is 0 Å². The average Bonchev–Trinajstić information content (AvgIpc) is 2.63. The molecule has 1 saturated carbocycles. The number of aryl methyl sites for hydroxylation is 1. The second-order valence-corrected chi connectivity index (χ2v) is 5.76. The van der Waals surface area contributed by atoms with Gasteiger partial charge in [-0.15, -0.1) is 0 Å². The van der Waals surface area contributed by atoms with E-state index in [1.807, 2.05) is 0 Å². The van der Waals surface area contributed by atoms with Crippen LogP contribution in [0.4, 0.5) is 13.2 Å². The molecule has 0 saturated heterocycles. The minimum atomic E-state index is -4.36. The molecule has 1 N–H and O–H groups in total. The van der Waals surface area contributed by atoms with E-state index in [4.69, 9.17) is 0 Å². The van der Waals surface area contributed by atoms with E-state index in [1.165, 1.54) is 6.07 Å². The van der Waals surface area contributed by atoms with Crippen LogP contribution in [0.2, 0.25) is 0 Å². The number of rotatable bonds is 2. The number of carbonyl (C=O) groups is 1. The zero-order chi connectivity index (χ0) is 15.6. The van der Waals surface area contributed by atoms with Gasteiger partial charge in [-0.2, -0.15) is 13.2 Å². The van der Waals surface area contributed by atoms with Gasteiger partial charge in [0.2, 0.25) is 0 Å². The molecule has 0 aromatic heterocycles. The highest BCUT2D eigenvalue weighted by molar-refractivity contribution is 5.71. The van der Waals surface area contributed by atoms with Crippen molar-refractivity contribution in [2.45, 2.75) is 51.1 Å². The number of hydrogen-bond donors (Lipinski definition) is 1. The van der Waals surface area contributed by atoms with Crippen LogP contribution in [0.1, 0.15) is 54.7 Å². The average molecular weight is 300 g/mol. The lowest BCUT2D eigenvalue weighted by Gasteiger charge is -2.24. The smallest absolute Gasteiger partial charge is 0.416 e. The SMILES string of the molecule is Cc1cc(C(F)(F)F)ccc1C1CCCCCC1C(=O)O. The summed E-state index contributed by atoms with van der Waals surface area (Å²) in [7, 11) is 0. The first-order valence-electron chi connectivity index (χ1n) is 7.21. The fraction of sp³-hybridized carbons (Fsp3) is 0.562. The minimum Gasteiger partial charge on any atom is -0.481 e. The highest BCUT2D eigenvalue weighted by atomic mass is 19.4. The second kappa shape index (κ2) is 6.08. The van der Waals surface area contributed by atoms with Gasteiger partial charge in [0.05, 0.1) is 11.5 Å². The van der Waals surface area contributed by atoms with Crippen LogP contribution in [0.5, 0.6) is 0 Å². The summed E-state index contributed by atoms with van der Waals surface area (Å²) in [6, 6.07) is 3.65. The predicted octanol–water partition coefficient (Wildman–Crippen LogP) is 4.76. The van der Waals surface area contributed by atoms with E-state index in [2.05, 4.69) is 0 Å². The Hall–Kier alpha value is -1.52. The molecule has 116 valence electrons. The van der Waals surface area contributed by atoms with E-state index in [0.717, 1.165) is 43.4 Å². The highest BCUT2D eigenvalue weighted by Gasteiger charge is 2.34. The van der Waals surface area contributed by atoms with Gasteiger partial charge in [0.1, 0.15) is 0 Å². The third-order valence-corrected chi connectivity index (χ3v) is 4.33. The summed E-state index contributed by atoms with van der Waals surface area (Å²) < 4.78 is 38.2. The molecule has 0 heterocycles. The number of carboxylic acids is 1. The Bertz CT molecular complexity index is 523. The van der Waals surface area contributed by atoms with Crippen LogP contribution in [0.3, 0.4) is 0 Å². The van der Waals surface area contributed by atoms with Gasteiger partial charge >= 0.3 is 12.1 Å². The maximum absolute atomic E-state index is 12.7. The summed E-state index contributed by atoms with van der Waals surface area (Å²) in [4.78, 5) is 11.4. The van der Waals surface area contributed by atoms with Crippen molar-refractivity contribution in [2.75, 3.05) is 0 Å². The van der Waals surface area contributed by atoms with Gasteiger partial charge in [-0.05, 0) is 48.9 Å². The monoisotopic (exact) mass is 300 g/mol. The van der Waals surface area contributed by atoms with Crippen molar-refractivity contribution >= 4 is 5.97 Å². The topological polar surface area (TPSA) is 37.3 Å². The third kappa shape index (κ3) is 3.57. The molecule has 2 atom stereocenters. The Labute approximate surface area is 122 Å². The van der Waals surface area contributed by atoms with E-state index in [9.17, 15) is 23.1 Å². The van der Waals surface area contributed by atoms with Crippen LogP contribution in [-0.4, -0.2) is 11.1 Å². The zero-order valence-corrected chi connectivity index (χ0v) is 11.9. The fourth-order valence-electron chi connectivity index (χ4n) is 3.24. The maximum atomic E-state index is 12.7. The Morgan fingerprint density at radius 3 is 2.43 bits per heavy atom. The third-order valence-electron chi connectivity index (χ3n) is 4.33. The number of alkyl halides is 3. The molecule has 1 aromatic rings. The van der Waals surface area contributed by atoms with Crippen LogP contribution in [0.25, 0.3) is 0 Å². The highest BCUT2D eigenvalue weighted by Crippen LogP contribution is 2.39. The lowest BCUT2D eigenvalue weighted by atomic mass is 9.80. The van der Waals surface area contributed by atoms with Crippen LogP contribution in [0, 0.1) is 12.8 Å². The normalized spacial score (nSPS) is 23.6. The molecule has 1 fully saturated rings. The van der Waals surface area contributed by atoms with Crippen LogP contribution < -0.4 is 0 Å². The molecule has 0 aliphatic heterocycles. The molecule has 5 heteroatoms. The van der Waals surface area contributed by atoms with Crippen LogP contribution in [-0.2, 0) is 11.0 Å². The van der Waals surface area contributed by atoms with E-state index in [0.29, 0.717) is 12.0 Å². The molecule has 2 nitrogen and oxygen atoms in total. The summed E-state index contributed by atoms with van der Waals surface area (Å²) in [6.45, 7) is 1.63. The van der Waals surface area contributed by atoms with Gasteiger partial charge in [-0.1, -0.05) is 25.3 Å². The number of carboxylic acid groups (broad SMARTS) is 1. The number of benzene rings is 1. The van der Waals surface area contributed by atoms with Crippen LogP contribution in [0.15, 0.2) is 18.2 Å². The number of halogens is 3. The molecular formula is C16H19F3O2. The van der Waals surface area contributed by atoms with Crippen molar-refractivity contribution in [1.29, 1.82) is 0 Å². The van der Waals surface area contributed by atoms with Gasteiger partial charge in [0, 0.05) is 0 Å². The molecule has 1 aliphatic carbocycles. The Morgan fingerprint density at radius 1 is 1.19 bits per heavy atom. The Balaban J connectivity index is 2.36. The summed E-state index contributed by atoms with van der Waals surface area (Å²) in [5.74, 6) is -1.53. The molecule has 1 aliphatic rings. The first-order chi connectivity index (χ1) is 9.80. The van der Waals surface area contributed by atoms with Crippen molar-refractivity contribution in [3.05, 3.63) is 34.9 Å². The van der Waals surface area contributed by atoms with E-state index < -0.39 is 23.6 Å². The molecular weight excluding hydrogens is 281 g/mol. The van der Waals surface area contributed by atoms with Crippen molar-refractivity contribution in [3.8, 4) is 0 Å². The Morgan fingerprint density at radius 2 is 1.86 bits per heavy atom. The first-order valence-corrected chi connectivity index (χ1v) is 7.21. The molecule has 1 aromatic carbocycles. The zero-order valence-electron chi connectivity index (χ0n) is 11.9. The summed E-state index contributed by atoms with van der Waals surface area (Å²) >= 11 is 0. The van der Waals surface area contributed by atoms with Gasteiger partial charge in [-0.25, -0.2) is 0 Å². The van der Waals surface area contributed by atoms with E-state index in [1.54, 1.807) is 6.92 Å². The second-order valence-electron chi connectivity index (χ2n) is 5.76. The molecule has 0 radical (unpaired) electrons. The largest absolute Gasteiger partial charge is 0.481 e. The van der Waals surface area contributed by atoms with Gasteiger partial charge in [-0.3, -0.25) is 4.79 Å². The number of aliphatic carboxylic acids is 1. The molecule has 0 spiro atoms. The standard InChI is InChI=1S/C16H19F3O2/c1-10-9-11(16(17,18)19)7-8-12(10)13-5-3-2-4-6-14(13)15(20)21/h7-9,13-14H,2-6H2,1H3,(H,20,21). The van der Waals surface area contributed by atoms with Crippen molar-refractivity contribution < 1.29 is 23.1 Å². The molecule has 2 rings (SSSR count). The molecule has 0 amide bonds. The summed E-state index contributed by atoms with van der Waals surface area (Å²) in [6.07, 6.45) is -0.259. The van der Waals surface area contributed by atoms with Gasteiger partial charge in [0.15, 0.2) is 0 Å². The summed E-state index contributed by atoms with van der Waals surface area (Å²) in [5.41, 5.74) is 0.601. The molecule has 2 unspecified atom stereocenters. The van der Waals surface area contributed by atoms with Crippen molar-refractivity contribution in [3.63, 3.8) is 0 Å². The van der Waals surface area contributed by atoms with Crippen molar-refractivity contribution in [2.24, 2.45) is 5.92 Å². The lowest BCUT2D eigenvalue weighted by molar-refractivity contribution is -0.143. The van der Waals surface area contributed by atoms with Crippen LogP contribution >= 0.6 is 0 Å². The van der Waals surface area contributed by atoms with Crippen molar-refractivity contribution in [1.82, 2.24) is 0 Å². The number of hydrogen-bond acceptors (Lipinski definition) is 1. The maximum Gasteiger partial charge on any atom is 0.416 e. The van der Waals surface area contributed by atoms with E-state index in [-0.39, 0.29) is 5.92 Å². The quantitative estimate of drug-likeness (QED) is 0.799. The van der Waals surface area contributed by atoms with E-state index >= 15 is 0 Å². The predicted molar refractivity (Wildman–Crippen MR) is 73.1 cm³/mol. The fourth-order valence-corrected chi connectivity index (χ4v) is 3.24. The lowest BCUT2D eigenvalue weighted by Crippen LogP contribution is -2.22. The minimum absolute atomic E-state index is 0.188.